The fourth-order valence-corrected chi connectivity index (χ4v) is 9.09. The molecule has 34 heavy (non-hydrogen) atoms. The van der Waals surface area contributed by atoms with Crippen molar-refractivity contribution in [2.45, 2.75) is 57.7 Å². The van der Waals surface area contributed by atoms with Gasteiger partial charge in [0.25, 0.3) is 5.56 Å². The van der Waals surface area contributed by atoms with Crippen molar-refractivity contribution in [2.75, 3.05) is 5.88 Å². The number of benzene rings is 1. The Morgan fingerprint density at radius 2 is 2.00 bits per heavy atom. The number of hydrogen-bond donors (Lipinski definition) is 2. The first-order valence-corrected chi connectivity index (χ1v) is 15.3. The van der Waals surface area contributed by atoms with E-state index in [1.165, 1.54) is 0 Å². The van der Waals surface area contributed by atoms with Gasteiger partial charge in [0, 0.05) is 16.8 Å². The first kappa shape index (κ1) is 23.1. The quantitative estimate of drug-likeness (QED) is 0.248. The van der Waals surface area contributed by atoms with E-state index in [1.807, 2.05) is 0 Å². The summed E-state index contributed by atoms with van der Waals surface area (Å²) in [5, 5.41) is 23.4. The topological polar surface area (TPSA) is 102 Å². The second-order valence-electron chi connectivity index (χ2n) is 9.79. The van der Waals surface area contributed by atoms with Crippen LogP contribution in [-0.2, 0) is 28.3 Å². The number of phenolic OH excluding ortho intramolecular Hbond substituents is 1. The average molecular weight is 499 g/mol. The number of hydrogen-bond acceptors (Lipinski definition) is 6. The van der Waals surface area contributed by atoms with Crippen molar-refractivity contribution < 1.29 is 19.7 Å². The summed E-state index contributed by atoms with van der Waals surface area (Å²) >= 11 is 6.04. The van der Waals surface area contributed by atoms with E-state index in [4.69, 9.17) is 21.3 Å². The molecular formula is C25H27ClN2O5Si. The fourth-order valence-electron chi connectivity index (χ4n) is 5.47. The van der Waals surface area contributed by atoms with Gasteiger partial charge in [0.2, 0.25) is 0 Å². The maximum absolute atomic E-state index is 13.6. The largest absolute Gasteiger partial charge is 0.508 e. The maximum atomic E-state index is 13.6. The van der Waals surface area contributed by atoms with E-state index in [1.54, 1.807) is 35.8 Å². The van der Waals surface area contributed by atoms with E-state index in [9.17, 15) is 19.8 Å². The first-order valence-electron chi connectivity index (χ1n) is 11.5. The van der Waals surface area contributed by atoms with Crippen LogP contribution in [0.25, 0.3) is 22.3 Å². The van der Waals surface area contributed by atoms with Gasteiger partial charge in [-0.3, -0.25) is 4.79 Å². The van der Waals surface area contributed by atoms with E-state index in [0.29, 0.717) is 34.9 Å². The molecule has 0 aliphatic carbocycles. The third-order valence-corrected chi connectivity index (χ3v) is 11.1. The number of cyclic esters (lactones) is 1. The third kappa shape index (κ3) is 3.23. The molecule has 0 spiro atoms. The Morgan fingerprint density at radius 3 is 2.71 bits per heavy atom. The molecule has 0 saturated heterocycles. The molecule has 0 radical (unpaired) electrons. The van der Waals surface area contributed by atoms with E-state index in [-0.39, 0.29) is 24.3 Å². The number of carbonyl (C=O) groups excluding carboxylic acids is 1. The van der Waals surface area contributed by atoms with Crippen molar-refractivity contribution in [3.8, 4) is 17.1 Å². The standard InChI is InChI=1S/C25H27ClN2O5Si/c1-4-25(32)18-11-20-21-16(12-28(20)23(30)17(18)13-33-24(25)31)22(34(2,3)9-5-8-26)15-10-14(29)6-7-19(15)27-21/h6-7,10-11,29,32H,4-5,8-9,12-13H2,1-3H3/t25-/m0/s1. The van der Waals surface area contributed by atoms with Crippen molar-refractivity contribution in [2.24, 2.45) is 0 Å². The van der Waals surface area contributed by atoms with Gasteiger partial charge in [-0.15, -0.1) is 11.6 Å². The van der Waals surface area contributed by atoms with Gasteiger partial charge >= 0.3 is 5.97 Å². The van der Waals surface area contributed by atoms with Gasteiger partial charge in [-0.05, 0) is 47.9 Å². The van der Waals surface area contributed by atoms with Crippen LogP contribution < -0.4 is 10.7 Å². The fraction of sp³-hybridized carbons (Fsp3) is 0.400. The molecule has 3 aromatic rings. The summed E-state index contributed by atoms with van der Waals surface area (Å²) < 4.78 is 6.84. The van der Waals surface area contributed by atoms with E-state index < -0.39 is 19.6 Å². The first-order chi connectivity index (χ1) is 16.1. The van der Waals surface area contributed by atoms with Gasteiger partial charge in [-0.25, -0.2) is 9.78 Å². The second kappa shape index (κ2) is 7.93. The van der Waals surface area contributed by atoms with Gasteiger partial charge < -0.3 is 19.5 Å². The molecule has 2 N–H and O–H groups in total. The number of phenols is 1. The molecule has 7 nitrogen and oxygen atoms in total. The van der Waals surface area contributed by atoms with Crippen LogP contribution in [0.4, 0.5) is 0 Å². The molecule has 0 amide bonds. The number of fused-ring (bicyclic) bond motifs is 5. The minimum Gasteiger partial charge on any atom is -0.508 e. The number of rotatable bonds is 5. The van der Waals surface area contributed by atoms with E-state index in [0.717, 1.165) is 34.1 Å². The highest BCUT2D eigenvalue weighted by Gasteiger charge is 2.46. The minimum absolute atomic E-state index is 0.0998. The lowest BCUT2D eigenvalue weighted by molar-refractivity contribution is -0.172. The molecular weight excluding hydrogens is 472 g/mol. The molecule has 1 atom stereocenters. The van der Waals surface area contributed by atoms with Gasteiger partial charge in [0.1, 0.15) is 12.4 Å². The van der Waals surface area contributed by atoms with E-state index in [2.05, 4.69) is 13.1 Å². The van der Waals surface area contributed by atoms with Crippen LogP contribution in [-0.4, -0.2) is 39.7 Å². The van der Waals surface area contributed by atoms with Crippen molar-refractivity contribution >= 4 is 41.7 Å². The number of aromatic hydroxyl groups is 1. The van der Waals surface area contributed by atoms with Gasteiger partial charge in [-0.2, -0.15) is 0 Å². The van der Waals surface area contributed by atoms with Gasteiger partial charge in [0.05, 0.1) is 37.1 Å². The summed E-state index contributed by atoms with van der Waals surface area (Å²) in [5.74, 6) is 0.00917. The zero-order valence-corrected chi connectivity index (χ0v) is 21.2. The molecule has 0 fully saturated rings. The highest BCUT2D eigenvalue weighted by atomic mass is 35.5. The molecule has 0 bridgehead atoms. The normalized spacial score (nSPS) is 19.0. The van der Waals surface area contributed by atoms with Crippen LogP contribution in [0.3, 0.4) is 0 Å². The lowest BCUT2D eigenvalue weighted by atomic mass is 9.86. The second-order valence-corrected chi connectivity index (χ2v) is 14.9. The van der Waals surface area contributed by atoms with Crippen LogP contribution in [0.15, 0.2) is 29.1 Å². The summed E-state index contributed by atoms with van der Waals surface area (Å²) in [6.07, 6.45) is 0.977. The molecule has 0 saturated carbocycles. The highest BCUT2D eigenvalue weighted by Crippen LogP contribution is 2.39. The number of ether oxygens (including phenoxy) is 1. The number of carbonyl (C=O) groups is 1. The van der Waals surface area contributed by atoms with Crippen molar-refractivity contribution in [1.82, 2.24) is 9.55 Å². The molecule has 2 aromatic heterocycles. The Kier molecular flexibility index (Phi) is 5.38. The highest BCUT2D eigenvalue weighted by molar-refractivity contribution is 6.91. The van der Waals surface area contributed by atoms with Crippen LogP contribution in [0.2, 0.25) is 19.1 Å². The Hall–Kier alpha value is -2.68. The van der Waals surface area contributed by atoms with Crippen LogP contribution in [0.5, 0.6) is 5.75 Å². The molecule has 2 aliphatic rings. The third-order valence-electron chi connectivity index (χ3n) is 7.28. The summed E-state index contributed by atoms with van der Waals surface area (Å²) in [5.41, 5.74) is 1.48. The lowest BCUT2D eigenvalue weighted by Gasteiger charge is -2.31. The van der Waals surface area contributed by atoms with Crippen LogP contribution in [0, 0.1) is 0 Å². The molecule has 5 rings (SSSR count). The smallest absolute Gasteiger partial charge is 0.343 e. The summed E-state index contributed by atoms with van der Waals surface area (Å²) in [6, 6.07) is 7.85. The Bertz CT molecular complexity index is 1420. The summed E-state index contributed by atoms with van der Waals surface area (Å²) in [4.78, 5) is 30.9. The Morgan fingerprint density at radius 1 is 1.24 bits per heavy atom. The minimum atomic E-state index is -2.06. The zero-order chi connectivity index (χ0) is 24.4. The summed E-state index contributed by atoms with van der Waals surface area (Å²) in [6.45, 7) is 6.44. The Labute approximate surface area is 203 Å². The maximum Gasteiger partial charge on any atom is 0.343 e. The van der Waals surface area contributed by atoms with Gasteiger partial charge in [0.15, 0.2) is 5.60 Å². The average Bonchev–Trinajstić information content (AvgIpc) is 3.17. The molecule has 0 unspecified atom stereocenters. The molecule has 4 heterocycles. The van der Waals surface area contributed by atoms with Crippen LogP contribution >= 0.6 is 11.6 Å². The predicted molar refractivity (Wildman–Crippen MR) is 133 cm³/mol. The van der Waals surface area contributed by atoms with Crippen molar-refractivity contribution in [3.63, 3.8) is 0 Å². The number of halogens is 1. The summed E-state index contributed by atoms with van der Waals surface area (Å²) in [7, 11) is -2.06. The lowest BCUT2D eigenvalue weighted by Crippen LogP contribution is -2.45. The number of nitrogens with zero attached hydrogens (tertiary/aromatic N) is 2. The zero-order valence-electron chi connectivity index (χ0n) is 19.4. The molecule has 9 heteroatoms. The molecule has 1 aromatic carbocycles. The number of aliphatic hydroxyl groups is 1. The number of alkyl halides is 1. The number of esters is 1. The number of aromatic nitrogens is 2. The Balaban J connectivity index is 1.82. The molecule has 2 aliphatic heterocycles. The van der Waals surface area contributed by atoms with E-state index >= 15 is 0 Å². The number of pyridine rings is 2. The van der Waals surface area contributed by atoms with Crippen molar-refractivity contribution in [3.05, 3.63) is 51.3 Å². The SMILES string of the molecule is CC[C@@]1(O)C(=O)OCc2c1cc1n(c2=O)Cc2c-1nc1ccc(O)cc1c2[Si](C)(C)CCCCl. The van der Waals surface area contributed by atoms with Crippen molar-refractivity contribution in [1.29, 1.82) is 0 Å². The van der Waals surface area contributed by atoms with Crippen LogP contribution in [0.1, 0.15) is 36.5 Å². The predicted octanol–water partition coefficient (Wildman–Crippen LogP) is 3.33. The molecule has 178 valence electrons. The monoisotopic (exact) mass is 498 g/mol. The van der Waals surface area contributed by atoms with Gasteiger partial charge in [-0.1, -0.05) is 26.1 Å².